The van der Waals surface area contributed by atoms with E-state index in [2.05, 4.69) is 31.8 Å². The fraction of sp³-hybridized carbons (Fsp3) is 0.0435. The zero-order valence-corrected chi connectivity index (χ0v) is 18.1. The molecule has 2 N–H and O–H groups in total. The van der Waals surface area contributed by atoms with Crippen LogP contribution in [0.1, 0.15) is 20.7 Å². The van der Waals surface area contributed by atoms with E-state index in [-0.39, 0.29) is 5.56 Å². The number of para-hydroxylation sites is 1. The Balaban J connectivity index is 1.42. The lowest BCUT2D eigenvalue weighted by Crippen LogP contribution is -2.43. The number of furan rings is 1. The van der Waals surface area contributed by atoms with Crippen LogP contribution in [-0.2, 0) is 9.53 Å². The molecule has 0 radical (unpaired) electrons. The summed E-state index contributed by atoms with van der Waals surface area (Å²) in [5.74, 6) is -1.39. The van der Waals surface area contributed by atoms with Gasteiger partial charge >= 0.3 is 5.97 Å². The third kappa shape index (κ3) is 4.84. The number of fused-ring (bicyclic) bond motifs is 1. The van der Waals surface area contributed by atoms with Crippen molar-refractivity contribution in [2.24, 2.45) is 0 Å². The van der Waals surface area contributed by atoms with E-state index in [4.69, 9.17) is 9.15 Å². The third-order valence-electron chi connectivity index (χ3n) is 4.47. The molecule has 9 heteroatoms. The molecule has 160 valence electrons. The molecule has 0 unspecified atom stereocenters. The predicted molar refractivity (Wildman–Crippen MR) is 119 cm³/mol. The Morgan fingerprint density at radius 1 is 0.969 bits per heavy atom. The van der Waals surface area contributed by atoms with Gasteiger partial charge in [0.2, 0.25) is 0 Å². The van der Waals surface area contributed by atoms with Gasteiger partial charge in [0.25, 0.3) is 11.8 Å². The van der Waals surface area contributed by atoms with Crippen molar-refractivity contribution in [2.75, 3.05) is 6.61 Å². The van der Waals surface area contributed by atoms with Gasteiger partial charge in [-0.25, -0.2) is 9.78 Å². The quantitative estimate of drug-likeness (QED) is 0.322. The highest BCUT2D eigenvalue weighted by atomic mass is 79.9. The summed E-state index contributed by atoms with van der Waals surface area (Å²) in [6.45, 7) is -0.577. The SMILES string of the molecule is O=C(COC(=O)c1cc(-c2ccco2)nc2ccccc12)NNC(=O)c1ccc(Br)cc1. The Kier molecular flexibility index (Phi) is 6.27. The number of benzene rings is 2. The van der Waals surface area contributed by atoms with Gasteiger partial charge in [0.05, 0.1) is 17.3 Å². The molecule has 4 aromatic rings. The Morgan fingerprint density at radius 2 is 1.75 bits per heavy atom. The largest absolute Gasteiger partial charge is 0.463 e. The van der Waals surface area contributed by atoms with Crippen LogP contribution < -0.4 is 10.9 Å². The number of hydrogen-bond acceptors (Lipinski definition) is 6. The van der Waals surface area contributed by atoms with Crippen LogP contribution in [0.5, 0.6) is 0 Å². The van der Waals surface area contributed by atoms with Crippen molar-refractivity contribution in [1.29, 1.82) is 0 Å². The van der Waals surface area contributed by atoms with Crippen molar-refractivity contribution in [3.05, 3.63) is 88.6 Å². The molecule has 0 aliphatic carbocycles. The minimum atomic E-state index is -0.703. The number of nitrogens with zero attached hydrogens (tertiary/aromatic N) is 1. The van der Waals surface area contributed by atoms with E-state index in [1.54, 1.807) is 66.7 Å². The second-order valence-corrected chi connectivity index (χ2v) is 7.55. The molecule has 2 aromatic carbocycles. The van der Waals surface area contributed by atoms with Crippen LogP contribution in [0.2, 0.25) is 0 Å². The number of hydrazine groups is 1. The van der Waals surface area contributed by atoms with Crippen LogP contribution in [-0.4, -0.2) is 29.4 Å². The number of carbonyl (C=O) groups is 3. The molecule has 32 heavy (non-hydrogen) atoms. The van der Waals surface area contributed by atoms with Crippen molar-refractivity contribution in [2.45, 2.75) is 0 Å². The molecular weight excluding hydrogens is 478 g/mol. The summed E-state index contributed by atoms with van der Waals surface area (Å²) < 4.78 is 11.4. The predicted octanol–water partition coefficient (Wildman–Crippen LogP) is 3.88. The standard InChI is InChI=1S/C23H16BrN3O5/c24-15-9-7-14(8-10-15)22(29)27-26-21(28)13-32-23(30)17-12-19(20-6-3-11-31-20)25-18-5-2-1-4-16(17)18/h1-12H,13H2,(H,26,28)(H,27,29). The van der Waals surface area contributed by atoms with Gasteiger partial charge < -0.3 is 9.15 Å². The van der Waals surface area contributed by atoms with Gasteiger partial charge in [-0.05, 0) is 48.5 Å². The molecule has 2 heterocycles. The van der Waals surface area contributed by atoms with Crippen LogP contribution in [0.25, 0.3) is 22.4 Å². The first-order chi connectivity index (χ1) is 15.5. The van der Waals surface area contributed by atoms with Gasteiger partial charge in [0, 0.05) is 15.4 Å². The Morgan fingerprint density at radius 3 is 2.50 bits per heavy atom. The van der Waals surface area contributed by atoms with E-state index in [0.29, 0.717) is 27.9 Å². The first-order valence-electron chi connectivity index (χ1n) is 9.47. The van der Waals surface area contributed by atoms with Crippen LogP contribution in [0.4, 0.5) is 0 Å². The summed E-state index contributed by atoms with van der Waals surface area (Å²) in [5.41, 5.74) is 6.14. The molecule has 0 bridgehead atoms. The molecular formula is C23H16BrN3O5. The number of amides is 2. The minimum absolute atomic E-state index is 0.244. The molecule has 8 nitrogen and oxygen atoms in total. The maximum absolute atomic E-state index is 12.7. The van der Waals surface area contributed by atoms with E-state index in [9.17, 15) is 14.4 Å². The number of esters is 1. The maximum Gasteiger partial charge on any atom is 0.339 e. The molecule has 0 fully saturated rings. The molecule has 0 saturated heterocycles. The average Bonchev–Trinajstić information content (AvgIpc) is 3.36. The van der Waals surface area contributed by atoms with Gasteiger partial charge in [-0.1, -0.05) is 34.1 Å². The lowest BCUT2D eigenvalue weighted by molar-refractivity contribution is -0.125. The molecule has 2 aromatic heterocycles. The molecule has 2 amide bonds. The second kappa shape index (κ2) is 9.44. The van der Waals surface area contributed by atoms with Gasteiger partial charge in [-0.15, -0.1) is 0 Å². The highest BCUT2D eigenvalue weighted by molar-refractivity contribution is 9.10. The molecule has 0 atom stereocenters. The Hall–Kier alpha value is -3.98. The van der Waals surface area contributed by atoms with E-state index < -0.39 is 24.4 Å². The van der Waals surface area contributed by atoms with E-state index in [1.807, 2.05) is 0 Å². The van der Waals surface area contributed by atoms with Gasteiger partial charge in [-0.3, -0.25) is 20.4 Å². The highest BCUT2D eigenvalue weighted by Gasteiger charge is 2.17. The number of pyridine rings is 1. The van der Waals surface area contributed by atoms with Crippen LogP contribution in [0.15, 0.2) is 81.9 Å². The van der Waals surface area contributed by atoms with Crippen LogP contribution in [0, 0.1) is 0 Å². The highest BCUT2D eigenvalue weighted by Crippen LogP contribution is 2.25. The smallest absolute Gasteiger partial charge is 0.339 e. The van der Waals surface area contributed by atoms with E-state index >= 15 is 0 Å². The van der Waals surface area contributed by atoms with Crippen LogP contribution in [0.3, 0.4) is 0 Å². The fourth-order valence-electron chi connectivity index (χ4n) is 2.94. The summed E-state index contributed by atoms with van der Waals surface area (Å²) in [7, 11) is 0. The monoisotopic (exact) mass is 493 g/mol. The number of nitrogens with one attached hydrogen (secondary N) is 2. The summed E-state index contributed by atoms with van der Waals surface area (Å²) >= 11 is 3.28. The van der Waals surface area contributed by atoms with E-state index in [0.717, 1.165) is 4.47 Å². The first-order valence-corrected chi connectivity index (χ1v) is 10.3. The maximum atomic E-state index is 12.7. The van der Waals surface area contributed by atoms with Gasteiger partial charge in [0.1, 0.15) is 5.69 Å². The molecule has 4 rings (SSSR count). The third-order valence-corrected chi connectivity index (χ3v) is 4.99. The molecule has 0 aliphatic rings. The lowest BCUT2D eigenvalue weighted by atomic mass is 10.1. The number of ether oxygens (including phenoxy) is 1. The normalized spacial score (nSPS) is 10.5. The van der Waals surface area contributed by atoms with Gasteiger partial charge in [0.15, 0.2) is 12.4 Å². The number of halogens is 1. The zero-order chi connectivity index (χ0) is 22.5. The van der Waals surface area contributed by atoms with Gasteiger partial charge in [-0.2, -0.15) is 0 Å². The second-order valence-electron chi connectivity index (χ2n) is 6.63. The average molecular weight is 494 g/mol. The number of rotatable bonds is 5. The summed E-state index contributed by atoms with van der Waals surface area (Å²) in [5, 5.41) is 0.580. The molecule has 0 spiro atoms. The van der Waals surface area contributed by atoms with Crippen molar-refractivity contribution >= 4 is 44.6 Å². The zero-order valence-electron chi connectivity index (χ0n) is 16.5. The summed E-state index contributed by atoms with van der Waals surface area (Å²) in [4.78, 5) is 41.3. The van der Waals surface area contributed by atoms with Crippen molar-refractivity contribution in [3.8, 4) is 11.5 Å². The minimum Gasteiger partial charge on any atom is -0.463 e. The number of hydrogen-bond donors (Lipinski definition) is 2. The number of aromatic nitrogens is 1. The topological polar surface area (TPSA) is 111 Å². The summed E-state index contributed by atoms with van der Waals surface area (Å²) in [6, 6.07) is 18.7. The van der Waals surface area contributed by atoms with Crippen molar-refractivity contribution < 1.29 is 23.5 Å². The number of carbonyl (C=O) groups excluding carboxylic acids is 3. The molecule has 0 aliphatic heterocycles. The fourth-order valence-corrected chi connectivity index (χ4v) is 3.20. The van der Waals surface area contributed by atoms with Crippen molar-refractivity contribution in [1.82, 2.24) is 15.8 Å². The summed E-state index contributed by atoms with van der Waals surface area (Å²) in [6.07, 6.45) is 1.51. The first kappa shape index (κ1) is 21.3. The van der Waals surface area contributed by atoms with Crippen LogP contribution >= 0.6 is 15.9 Å². The Labute approximate surface area is 190 Å². The van der Waals surface area contributed by atoms with Crippen molar-refractivity contribution in [3.63, 3.8) is 0 Å². The van der Waals surface area contributed by atoms with E-state index in [1.165, 1.54) is 6.26 Å². The molecule has 0 saturated carbocycles. The Bertz CT molecular complexity index is 1290. The lowest BCUT2D eigenvalue weighted by Gasteiger charge is -2.10.